The van der Waals surface area contributed by atoms with Gasteiger partial charge in [0, 0.05) is 10.7 Å². The number of amidine groups is 1. The minimum atomic E-state index is -0.240. The van der Waals surface area contributed by atoms with Gasteiger partial charge in [-0.3, -0.25) is 9.80 Å². The standard InChI is InChI=1S/C15H10Cl4N4O/c16-7-3-10(18)14(11(19)4-7)23-6-13(24)15(22-23)21-12-5-8(20)1-2-9(12)17/h1-5H,6,20H2,(H,21,22). The van der Waals surface area contributed by atoms with Crippen LogP contribution in [0.3, 0.4) is 0 Å². The molecule has 2 aromatic rings. The van der Waals surface area contributed by atoms with Crippen LogP contribution in [0.1, 0.15) is 0 Å². The van der Waals surface area contributed by atoms with Crippen molar-refractivity contribution in [2.24, 2.45) is 5.10 Å². The highest BCUT2D eigenvalue weighted by Crippen LogP contribution is 2.37. The second-order valence-corrected chi connectivity index (χ2v) is 6.67. The van der Waals surface area contributed by atoms with Crippen molar-refractivity contribution >= 4 is 75.1 Å². The quantitative estimate of drug-likeness (QED) is 0.713. The van der Waals surface area contributed by atoms with Crippen molar-refractivity contribution in [1.82, 2.24) is 0 Å². The first-order valence-electron chi connectivity index (χ1n) is 6.71. The average Bonchev–Trinajstić information content (AvgIpc) is 2.82. The van der Waals surface area contributed by atoms with Gasteiger partial charge in [0.05, 0.1) is 26.4 Å². The van der Waals surface area contributed by atoms with Crippen LogP contribution in [0.4, 0.5) is 17.1 Å². The summed E-state index contributed by atoms with van der Waals surface area (Å²) < 4.78 is 0. The van der Waals surface area contributed by atoms with Crippen LogP contribution in [0.5, 0.6) is 0 Å². The Morgan fingerprint density at radius 2 is 1.71 bits per heavy atom. The number of nitrogens with zero attached hydrogens (tertiary/aromatic N) is 2. The molecule has 0 amide bonds. The predicted octanol–water partition coefficient (Wildman–Crippen LogP) is 4.70. The molecule has 0 bridgehead atoms. The summed E-state index contributed by atoms with van der Waals surface area (Å²) >= 11 is 24.3. The maximum atomic E-state index is 12.2. The van der Waals surface area contributed by atoms with E-state index in [0.29, 0.717) is 37.2 Å². The number of nitrogen functional groups attached to an aromatic ring is 1. The Morgan fingerprint density at radius 1 is 1.04 bits per heavy atom. The van der Waals surface area contributed by atoms with E-state index in [0.717, 1.165) is 0 Å². The van der Waals surface area contributed by atoms with E-state index in [9.17, 15) is 4.79 Å². The van der Waals surface area contributed by atoms with Crippen LogP contribution in [0, 0.1) is 0 Å². The summed E-state index contributed by atoms with van der Waals surface area (Å²) in [5.74, 6) is -0.125. The molecule has 0 unspecified atom stereocenters. The highest BCUT2D eigenvalue weighted by Gasteiger charge is 2.28. The molecule has 0 aliphatic carbocycles. The van der Waals surface area contributed by atoms with Gasteiger partial charge in [0.25, 0.3) is 0 Å². The van der Waals surface area contributed by atoms with Gasteiger partial charge >= 0.3 is 0 Å². The summed E-state index contributed by atoms with van der Waals surface area (Å²) in [5, 5.41) is 9.94. The monoisotopic (exact) mass is 402 g/mol. The molecule has 0 fully saturated rings. The number of halogens is 4. The van der Waals surface area contributed by atoms with Gasteiger partial charge in [0.1, 0.15) is 6.54 Å². The van der Waals surface area contributed by atoms with Crippen LogP contribution in [-0.2, 0) is 4.79 Å². The third-order valence-electron chi connectivity index (χ3n) is 3.26. The summed E-state index contributed by atoms with van der Waals surface area (Å²) in [7, 11) is 0. The number of nitrogens with two attached hydrogens (primary N) is 1. The summed E-state index contributed by atoms with van der Waals surface area (Å²) in [5.41, 5.74) is 7.13. The lowest BCUT2D eigenvalue weighted by atomic mass is 10.2. The molecule has 0 saturated heterocycles. The number of nitrogens with one attached hydrogen (secondary N) is 1. The molecule has 9 heteroatoms. The first-order valence-corrected chi connectivity index (χ1v) is 8.22. The van der Waals surface area contributed by atoms with Crippen molar-refractivity contribution in [2.75, 3.05) is 22.6 Å². The molecule has 3 N–H and O–H groups in total. The van der Waals surface area contributed by atoms with E-state index in [1.54, 1.807) is 18.2 Å². The largest absolute Gasteiger partial charge is 0.399 e. The third-order valence-corrected chi connectivity index (χ3v) is 4.39. The fourth-order valence-electron chi connectivity index (χ4n) is 2.19. The van der Waals surface area contributed by atoms with Gasteiger partial charge < -0.3 is 11.1 Å². The topological polar surface area (TPSA) is 70.7 Å². The Kier molecular flexibility index (Phi) is 4.78. The number of ketones is 1. The molecule has 5 nitrogen and oxygen atoms in total. The van der Waals surface area contributed by atoms with Crippen LogP contribution < -0.4 is 16.1 Å². The number of benzene rings is 2. The summed E-state index contributed by atoms with van der Waals surface area (Å²) in [6, 6.07) is 7.97. The highest BCUT2D eigenvalue weighted by atomic mass is 35.5. The molecular weight excluding hydrogens is 394 g/mol. The number of carbonyl (C=O) groups excluding carboxylic acids is 1. The Morgan fingerprint density at radius 3 is 2.38 bits per heavy atom. The van der Waals surface area contributed by atoms with Crippen molar-refractivity contribution in [3.8, 4) is 0 Å². The van der Waals surface area contributed by atoms with Crippen molar-refractivity contribution < 1.29 is 4.79 Å². The number of carbonyl (C=O) groups is 1. The lowest BCUT2D eigenvalue weighted by molar-refractivity contribution is -0.111. The Bertz CT molecular complexity index is 846. The normalized spacial score (nSPS) is 14.1. The molecule has 3 rings (SSSR count). The Hall–Kier alpha value is -1.66. The minimum Gasteiger partial charge on any atom is -0.399 e. The van der Waals surface area contributed by atoms with Gasteiger partial charge in [-0.25, -0.2) is 0 Å². The fourth-order valence-corrected chi connectivity index (χ4v) is 3.37. The van der Waals surface area contributed by atoms with E-state index >= 15 is 0 Å². The van der Waals surface area contributed by atoms with Crippen molar-refractivity contribution in [1.29, 1.82) is 0 Å². The molecule has 0 atom stereocenters. The van der Waals surface area contributed by atoms with Gasteiger partial charge in [0.2, 0.25) is 5.78 Å². The molecule has 1 aliphatic rings. The molecular formula is C15H10Cl4N4O. The molecule has 1 heterocycles. The average molecular weight is 404 g/mol. The van der Waals surface area contributed by atoms with E-state index in [1.807, 2.05) is 0 Å². The fraction of sp³-hybridized carbons (Fsp3) is 0.0667. The van der Waals surface area contributed by atoms with E-state index in [4.69, 9.17) is 52.1 Å². The molecule has 2 aromatic carbocycles. The zero-order valence-electron chi connectivity index (χ0n) is 12.0. The van der Waals surface area contributed by atoms with E-state index in [2.05, 4.69) is 10.4 Å². The highest BCUT2D eigenvalue weighted by molar-refractivity contribution is 6.48. The van der Waals surface area contributed by atoms with Gasteiger partial charge in [-0.05, 0) is 30.3 Å². The number of hydrogen-bond acceptors (Lipinski definition) is 5. The SMILES string of the molecule is Nc1ccc(Cl)c(NC2=NN(c3c(Cl)cc(Cl)cc3Cl)CC2=O)c1. The predicted molar refractivity (Wildman–Crippen MR) is 101 cm³/mol. The minimum absolute atomic E-state index is 0.0106. The smallest absolute Gasteiger partial charge is 0.221 e. The van der Waals surface area contributed by atoms with Crippen molar-refractivity contribution in [3.63, 3.8) is 0 Å². The third kappa shape index (κ3) is 3.39. The zero-order valence-corrected chi connectivity index (χ0v) is 15.0. The number of hydrazone groups is 1. The van der Waals surface area contributed by atoms with Crippen molar-refractivity contribution in [3.05, 3.63) is 50.4 Å². The molecule has 24 heavy (non-hydrogen) atoms. The van der Waals surface area contributed by atoms with Gasteiger partial charge in [0.15, 0.2) is 5.84 Å². The molecule has 0 aromatic heterocycles. The lowest BCUT2D eigenvalue weighted by Gasteiger charge is -2.16. The van der Waals surface area contributed by atoms with Crippen LogP contribution in [0.25, 0.3) is 0 Å². The van der Waals surface area contributed by atoms with Crippen molar-refractivity contribution in [2.45, 2.75) is 0 Å². The number of anilines is 3. The maximum absolute atomic E-state index is 12.2. The summed E-state index contributed by atoms with van der Waals surface area (Å²) in [6.45, 7) is -0.0106. The number of rotatable bonds is 2. The summed E-state index contributed by atoms with van der Waals surface area (Å²) in [6.07, 6.45) is 0. The lowest BCUT2D eigenvalue weighted by Crippen LogP contribution is -2.23. The molecule has 0 saturated carbocycles. The molecule has 1 aliphatic heterocycles. The number of Topliss-reactive ketones (excluding diaryl/α,β-unsaturated/α-hetero) is 1. The van der Waals surface area contributed by atoms with Gasteiger partial charge in [-0.1, -0.05) is 46.4 Å². The van der Waals surface area contributed by atoms with E-state index < -0.39 is 0 Å². The summed E-state index contributed by atoms with van der Waals surface area (Å²) in [4.78, 5) is 12.2. The zero-order chi connectivity index (χ0) is 17.4. The van der Waals surface area contributed by atoms with E-state index in [-0.39, 0.29) is 18.2 Å². The number of hydrogen-bond donors (Lipinski definition) is 2. The first-order chi connectivity index (χ1) is 11.3. The van der Waals surface area contributed by atoms with E-state index in [1.165, 1.54) is 17.1 Å². The Balaban J connectivity index is 1.93. The molecule has 0 radical (unpaired) electrons. The van der Waals surface area contributed by atoms with Gasteiger partial charge in [-0.2, -0.15) is 5.10 Å². The van der Waals surface area contributed by atoms with Gasteiger partial charge in [-0.15, -0.1) is 0 Å². The first kappa shape index (κ1) is 17.2. The second-order valence-electron chi connectivity index (χ2n) is 5.01. The van der Waals surface area contributed by atoms with Crippen LogP contribution in [0.2, 0.25) is 20.1 Å². The van der Waals surface area contributed by atoms with Crippen LogP contribution in [-0.4, -0.2) is 18.2 Å². The van der Waals surface area contributed by atoms with Crippen LogP contribution >= 0.6 is 46.4 Å². The maximum Gasteiger partial charge on any atom is 0.221 e. The Labute approximate surface area is 157 Å². The molecule has 0 spiro atoms. The molecule has 124 valence electrons. The second kappa shape index (κ2) is 6.69. The van der Waals surface area contributed by atoms with Crippen LogP contribution in [0.15, 0.2) is 35.4 Å².